The van der Waals surface area contributed by atoms with E-state index in [4.69, 9.17) is 0 Å². The molecule has 0 N–H and O–H groups in total. The van der Waals surface area contributed by atoms with Gasteiger partial charge >= 0.3 is 6.03 Å². The molecule has 7 heteroatoms. The summed E-state index contributed by atoms with van der Waals surface area (Å²) in [5.41, 5.74) is 4.72. The number of aryl methyl sites for hydroxylation is 1. The summed E-state index contributed by atoms with van der Waals surface area (Å²) in [6.07, 6.45) is 0.899. The summed E-state index contributed by atoms with van der Waals surface area (Å²) in [6.45, 7) is 6.68. The minimum atomic E-state index is -0.249. The number of nitrogens with zero attached hydrogens (tertiary/aromatic N) is 4. The molecule has 3 aromatic rings. The zero-order valence-electron chi connectivity index (χ0n) is 20.6. The lowest BCUT2D eigenvalue weighted by Gasteiger charge is -2.36. The van der Waals surface area contributed by atoms with Crippen LogP contribution in [0.3, 0.4) is 0 Å². The molecule has 0 bridgehead atoms. The van der Waals surface area contributed by atoms with Crippen LogP contribution in [0.25, 0.3) is 0 Å². The molecule has 2 aliphatic heterocycles. The van der Waals surface area contributed by atoms with Gasteiger partial charge in [0.15, 0.2) is 0 Å². The van der Waals surface area contributed by atoms with Crippen LogP contribution < -0.4 is 9.80 Å². The van der Waals surface area contributed by atoms with Crippen LogP contribution >= 0.6 is 0 Å². The quantitative estimate of drug-likeness (QED) is 0.514. The minimum Gasteiger partial charge on any atom is -0.368 e. The van der Waals surface area contributed by atoms with Crippen LogP contribution in [0.15, 0.2) is 72.8 Å². The van der Waals surface area contributed by atoms with E-state index >= 15 is 0 Å². The van der Waals surface area contributed by atoms with Gasteiger partial charge in [-0.15, -0.1) is 0 Å². The van der Waals surface area contributed by atoms with Crippen molar-refractivity contribution in [3.63, 3.8) is 0 Å². The molecule has 3 aromatic carbocycles. The van der Waals surface area contributed by atoms with E-state index in [0.29, 0.717) is 44.8 Å². The van der Waals surface area contributed by atoms with Gasteiger partial charge in [-0.1, -0.05) is 29.8 Å². The monoisotopic (exact) mass is 486 g/mol. The predicted molar refractivity (Wildman–Crippen MR) is 140 cm³/mol. The molecule has 2 fully saturated rings. The van der Waals surface area contributed by atoms with Crippen molar-refractivity contribution in [2.24, 2.45) is 0 Å². The first-order valence-corrected chi connectivity index (χ1v) is 12.5. The molecule has 2 heterocycles. The summed E-state index contributed by atoms with van der Waals surface area (Å²) >= 11 is 0. The largest absolute Gasteiger partial charge is 0.368 e. The van der Waals surface area contributed by atoms with Gasteiger partial charge in [0.2, 0.25) is 0 Å². The van der Waals surface area contributed by atoms with E-state index < -0.39 is 0 Å². The van der Waals surface area contributed by atoms with Gasteiger partial charge in [-0.2, -0.15) is 0 Å². The summed E-state index contributed by atoms with van der Waals surface area (Å²) in [5, 5.41) is 0. The molecule has 186 valence electrons. The normalized spacial score (nSPS) is 16.4. The lowest BCUT2D eigenvalue weighted by atomic mass is 10.1. The molecule has 0 aliphatic carbocycles. The Morgan fingerprint density at radius 2 is 1.42 bits per heavy atom. The third-order valence-electron chi connectivity index (χ3n) is 6.99. The highest BCUT2D eigenvalue weighted by atomic mass is 19.1. The van der Waals surface area contributed by atoms with Crippen LogP contribution in [0.4, 0.5) is 20.6 Å². The van der Waals surface area contributed by atoms with Crippen molar-refractivity contribution < 1.29 is 14.0 Å². The van der Waals surface area contributed by atoms with Gasteiger partial charge in [-0.3, -0.25) is 9.69 Å². The Labute approximate surface area is 211 Å². The van der Waals surface area contributed by atoms with E-state index in [1.54, 1.807) is 17.0 Å². The molecule has 36 heavy (non-hydrogen) atoms. The molecule has 2 aliphatic rings. The Hall–Kier alpha value is -3.87. The topological polar surface area (TPSA) is 47.1 Å². The number of carbonyl (C=O) groups is 2. The molecule has 6 nitrogen and oxygen atoms in total. The zero-order chi connectivity index (χ0) is 25.1. The number of anilines is 2. The minimum absolute atomic E-state index is 0.00202. The van der Waals surface area contributed by atoms with Gasteiger partial charge in [0.25, 0.3) is 5.91 Å². The van der Waals surface area contributed by atoms with Crippen LogP contribution in [-0.4, -0.2) is 61.0 Å². The van der Waals surface area contributed by atoms with E-state index in [1.165, 1.54) is 17.7 Å². The second kappa shape index (κ2) is 10.4. The summed E-state index contributed by atoms with van der Waals surface area (Å²) in [7, 11) is 0. The number of urea groups is 1. The van der Waals surface area contributed by atoms with E-state index in [9.17, 15) is 14.0 Å². The van der Waals surface area contributed by atoms with Crippen molar-refractivity contribution in [1.82, 2.24) is 9.80 Å². The number of piperazine rings is 1. The van der Waals surface area contributed by atoms with Crippen molar-refractivity contribution >= 4 is 23.3 Å². The molecule has 0 spiro atoms. The third-order valence-corrected chi connectivity index (χ3v) is 6.99. The van der Waals surface area contributed by atoms with Crippen molar-refractivity contribution in [2.45, 2.75) is 19.9 Å². The number of benzene rings is 3. The SMILES string of the molecule is Cc1ccc(CN2CCCN(c3ccc(C(=O)N4CCN(c5ccc(F)cc5)CC4)cc3)C2=O)cc1. The van der Waals surface area contributed by atoms with Crippen molar-refractivity contribution in [3.8, 4) is 0 Å². The maximum absolute atomic E-state index is 13.2. The Morgan fingerprint density at radius 3 is 2.08 bits per heavy atom. The van der Waals surface area contributed by atoms with Gasteiger partial charge in [-0.05, 0) is 67.4 Å². The highest BCUT2D eigenvalue weighted by Gasteiger charge is 2.27. The highest BCUT2D eigenvalue weighted by Crippen LogP contribution is 2.23. The summed E-state index contributed by atoms with van der Waals surface area (Å²) in [5.74, 6) is -0.257. The second-order valence-electron chi connectivity index (χ2n) is 9.50. The van der Waals surface area contributed by atoms with Crippen LogP contribution in [0, 0.1) is 12.7 Å². The van der Waals surface area contributed by atoms with Gasteiger partial charge in [0.05, 0.1) is 0 Å². The van der Waals surface area contributed by atoms with Gasteiger partial charge in [0.1, 0.15) is 5.82 Å². The molecule has 0 unspecified atom stereocenters. The first-order valence-electron chi connectivity index (χ1n) is 12.5. The number of hydrogen-bond acceptors (Lipinski definition) is 3. The third kappa shape index (κ3) is 5.20. The Balaban J connectivity index is 1.19. The number of rotatable bonds is 5. The number of carbonyl (C=O) groups excluding carboxylic acids is 2. The predicted octanol–water partition coefficient (Wildman–Crippen LogP) is 4.93. The molecule has 2 saturated heterocycles. The van der Waals surface area contributed by atoms with Gasteiger partial charge < -0.3 is 14.7 Å². The fourth-order valence-corrected chi connectivity index (χ4v) is 4.87. The van der Waals surface area contributed by atoms with Gasteiger partial charge in [-0.25, -0.2) is 9.18 Å². The number of halogens is 1. The standard InChI is InChI=1S/C29H31FN4O2/c1-22-3-5-23(6-4-22)21-33-15-2-16-34(29(33)36)27-11-7-24(8-12-27)28(35)32-19-17-31(18-20-32)26-13-9-25(30)10-14-26/h3-14H,2,15-21H2,1H3. The molecule has 0 aromatic heterocycles. The Kier molecular flexibility index (Phi) is 6.89. The summed E-state index contributed by atoms with van der Waals surface area (Å²) in [6, 6.07) is 22.1. The zero-order valence-corrected chi connectivity index (χ0v) is 20.6. The molecule has 3 amide bonds. The smallest absolute Gasteiger partial charge is 0.324 e. The summed E-state index contributed by atoms with van der Waals surface area (Å²) < 4.78 is 13.2. The van der Waals surface area contributed by atoms with Crippen LogP contribution in [-0.2, 0) is 6.54 Å². The maximum atomic E-state index is 13.2. The second-order valence-corrected chi connectivity index (χ2v) is 9.50. The van der Waals surface area contributed by atoms with E-state index in [-0.39, 0.29) is 17.8 Å². The lowest BCUT2D eigenvalue weighted by molar-refractivity contribution is 0.0747. The van der Waals surface area contributed by atoms with E-state index in [1.807, 2.05) is 34.1 Å². The van der Waals surface area contributed by atoms with Crippen LogP contribution in [0.1, 0.15) is 27.9 Å². The molecule has 0 saturated carbocycles. The fourth-order valence-electron chi connectivity index (χ4n) is 4.87. The molecule has 5 rings (SSSR count). The van der Waals surface area contributed by atoms with Crippen molar-refractivity contribution in [3.05, 3.63) is 95.3 Å². The Morgan fingerprint density at radius 1 is 0.778 bits per heavy atom. The average molecular weight is 487 g/mol. The summed E-state index contributed by atoms with van der Waals surface area (Å²) in [4.78, 5) is 34.0. The molecule has 0 radical (unpaired) electrons. The van der Waals surface area contributed by atoms with Gasteiger partial charge in [0, 0.05) is 62.8 Å². The average Bonchev–Trinajstić information content (AvgIpc) is 2.91. The Bertz CT molecular complexity index is 1200. The van der Waals surface area contributed by atoms with E-state index in [0.717, 1.165) is 29.9 Å². The first kappa shape index (κ1) is 23.9. The lowest BCUT2D eigenvalue weighted by Crippen LogP contribution is -2.49. The molecular formula is C29H31FN4O2. The van der Waals surface area contributed by atoms with E-state index in [2.05, 4.69) is 36.1 Å². The highest BCUT2D eigenvalue weighted by molar-refractivity contribution is 5.96. The number of hydrogen-bond donors (Lipinski definition) is 0. The van der Waals surface area contributed by atoms with Crippen LogP contribution in [0.2, 0.25) is 0 Å². The number of amides is 3. The fraction of sp³-hybridized carbons (Fsp3) is 0.310. The van der Waals surface area contributed by atoms with Crippen molar-refractivity contribution in [2.75, 3.05) is 49.1 Å². The molecular weight excluding hydrogens is 455 g/mol. The maximum Gasteiger partial charge on any atom is 0.324 e. The van der Waals surface area contributed by atoms with Crippen LogP contribution in [0.5, 0.6) is 0 Å². The van der Waals surface area contributed by atoms with Crippen molar-refractivity contribution in [1.29, 1.82) is 0 Å². The first-order chi connectivity index (χ1) is 17.5. The molecule has 0 atom stereocenters.